The van der Waals surface area contributed by atoms with Gasteiger partial charge in [-0.25, -0.2) is 0 Å². The van der Waals surface area contributed by atoms with Crippen LogP contribution in [0, 0.1) is 5.92 Å². The predicted octanol–water partition coefficient (Wildman–Crippen LogP) is 0.506. The molecule has 106 valence electrons. The fraction of sp³-hybridized carbons (Fsp3) is 0.750. The molecule has 0 aromatic carbocycles. The Hall–Kier alpha value is -1.63. The molecular formula is C12H21N5O2. The summed E-state index contributed by atoms with van der Waals surface area (Å²) in [4.78, 5) is 11.4. The smallest absolute Gasteiger partial charge is 0.315 e. The summed E-state index contributed by atoms with van der Waals surface area (Å²) in [6.07, 6.45) is 2.16. The van der Waals surface area contributed by atoms with Crippen molar-refractivity contribution in [2.75, 3.05) is 18.4 Å². The topological polar surface area (TPSA) is 92.1 Å². The zero-order chi connectivity index (χ0) is 13.7. The van der Waals surface area contributed by atoms with Crippen molar-refractivity contribution in [2.24, 2.45) is 5.92 Å². The van der Waals surface area contributed by atoms with Crippen LogP contribution < -0.4 is 16.0 Å². The van der Waals surface area contributed by atoms with Crippen molar-refractivity contribution in [1.29, 1.82) is 0 Å². The molecule has 3 N–H and O–H groups in total. The van der Waals surface area contributed by atoms with Gasteiger partial charge in [-0.15, -0.1) is 5.10 Å². The van der Waals surface area contributed by atoms with E-state index < -0.39 is 0 Å². The number of anilines is 1. The molecule has 19 heavy (non-hydrogen) atoms. The number of carbonyl (C=O) groups is 1. The van der Waals surface area contributed by atoms with Crippen LogP contribution in [0.5, 0.6) is 0 Å². The maximum Gasteiger partial charge on any atom is 0.315 e. The Morgan fingerprint density at radius 2 is 2.21 bits per heavy atom. The Balaban J connectivity index is 1.66. The lowest BCUT2D eigenvalue weighted by atomic mass is 10.2. The van der Waals surface area contributed by atoms with Gasteiger partial charge in [-0.3, -0.25) is 4.79 Å². The minimum Gasteiger partial charge on any atom is -0.407 e. The Bertz CT molecular complexity index is 414. The highest BCUT2D eigenvalue weighted by atomic mass is 16.4. The zero-order valence-corrected chi connectivity index (χ0v) is 11.4. The van der Waals surface area contributed by atoms with Crippen molar-refractivity contribution in [3.8, 4) is 0 Å². The third-order valence-corrected chi connectivity index (χ3v) is 2.64. The largest absolute Gasteiger partial charge is 0.407 e. The maximum atomic E-state index is 11.4. The van der Waals surface area contributed by atoms with E-state index in [-0.39, 0.29) is 18.5 Å². The summed E-state index contributed by atoms with van der Waals surface area (Å²) >= 11 is 0. The van der Waals surface area contributed by atoms with Crippen LogP contribution in [0.15, 0.2) is 4.42 Å². The van der Waals surface area contributed by atoms with Crippen LogP contribution >= 0.6 is 0 Å². The highest BCUT2D eigenvalue weighted by molar-refractivity contribution is 5.80. The minimum absolute atomic E-state index is 0.0415. The van der Waals surface area contributed by atoms with Crippen LogP contribution in [0.1, 0.15) is 32.6 Å². The van der Waals surface area contributed by atoms with Gasteiger partial charge in [-0.2, -0.15) is 0 Å². The van der Waals surface area contributed by atoms with Crippen LogP contribution in [0.3, 0.4) is 0 Å². The van der Waals surface area contributed by atoms with E-state index in [0.29, 0.717) is 24.4 Å². The number of carbonyl (C=O) groups excluding carboxylic acids is 1. The lowest BCUT2D eigenvalue weighted by Crippen LogP contribution is -2.31. The van der Waals surface area contributed by atoms with Crippen LogP contribution in [-0.4, -0.2) is 35.2 Å². The molecule has 1 aromatic rings. The van der Waals surface area contributed by atoms with Crippen LogP contribution in [0.25, 0.3) is 0 Å². The quantitative estimate of drug-likeness (QED) is 0.635. The van der Waals surface area contributed by atoms with Crippen molar-refractivity contribution in [1.82, 2.24) is 20.8 Å². The molecule has 0 spiro atoms. The Morgan fingerprint density at radius 1 is 1.42 bits per heavy atom. The van der Waals surface area contributed by atoms with Crippen molar-refractivity contribution in [2.45, 2.75) is 39.3 Å². The number of nitrogens with one attached hydrogen (secondary N) is 3. The van der Waals surface area contributed by atoms with E-state index in [4.69, 9.17) is 4.42 Å². The number of aromatic nitrogens is 2. The second-order valence-corrected chi connectivity index (χ2v) is 5.22. The first-order chi connectivity index (χ1) is 9.13. The van der Waals surface area contributed by atoms with Gasteiger partial charge in [-0.1, -0.05) is 18.9 Å². The summed E-state index contributed by atoms with van der Waals surface area (Å²) in [5, 5.41) is 16.6. The number of hydrogen-bond acceptors (Lipinski definition) is 6. The van der Waals surface area contributed by atoms with Gasteiger partial charge in [0.15, 0.2) is 0 Å². The first-order valence-corrected chi connectivity index (χ1v) is 6.70. The van der Waals surface area contributed by atoms with Gasteiger partial charge in [0.05, 0.1) is 13.1 Å². The molecule has 1 aliphatic rings. The standard InChI is InChI=1S/C12H21N5O2/c1-8(2)5-13-7-11-16-17-12(19-11)14-6-10(18)15-9-3-4-9/h8-9,13H,3-7H2,1-2H3,(H,14,17)(H,15,18). The van der Waals surface area contributed by atoms with Gasteiger partial charge in [0.1, 0.15) is 0 Å². The number of rotatable bonds is 8. The molecule has 7 nitrogen and oxygen atoms in total. The average molecular weight is 267 g/mol. The van der Waals surface area contributed by atoms with Crippen LogP contribution in [0.2, 0.25) is 0 Å². The Kier molecular flexibility index (Phi) is 4.73. The number of nitrogens with zero attached hydrogens (tertiary/aromatic N) is 2. The van der Waals surface area contributed by atoms with E-state index >= 15 is 0 Å². The SMILES string of the molecule is CC(C)CNCc1nnc(NCC(=O)NC2CC2)o1. The second kappa shape index (κ2) is 6.51. The zero-order valence-electron chi connectivity index (χ0n) is 11.4. The summed E-state index contributed by atoms with van der Waals surface area (Å²) in [5.74, 6) is 1.05. The van der Waals surface area contributed by atoms with Crippen molar-refractivity contribution in [3.63, 3.8) is 0 Å². The first-order valence-electron chi connectivity index (χ1n) is 6.70. The molecule has 0 aliphatic heterocycles. The van der Waals surface area contributed by atoms with E-state index in [9.17, 15) is 4.79 Å². The molecule has 7 heteroatoms. The Labute approximate surface area is 112 Å². The number of amides is 1. The van der Waals surface area contributed by atoms with Gasteiger partial charge < -0.3 is 20.4 Å². The average Bonchev–Trinajstić information content (AvgIpc) is 3.04. The van der Waals surface area contributed by atoms with Gasteiger partial charge in [-0.05, 0) is 25.3 Å². The van der Waals surface area contributed by atoms with Gasteiger partial charge in [0, 0.05) is 6.04 Å². The van der Waals surface area contributed by atoms with Crippen molar-refractivity contribution < 1.29 is 9.21 Å². The molecule has 1 fully saturated rings. The van der Waals surface area contributed by atoms with Crippen molar-refractivity contribution >= 4 is 11.9 Å². The second-order valence-electron chi connectivity index (χ2n) is 5.22. The molecule has 1 amide bonds. The molecule has 1 aromatic heterocycles. The summed E-state index contributed by atoms with van der Waals surface area (Å²) in [5.41, 5.74) is 0. The molecule has 0 unspecified atom stereocenters. The van der Waals surface area contributed by atoms with Gasteiger partial charge in [0.2, 0.25) is 11.8 Å². The molecule has 1 heterocycles. The molecule has 0 bridgehead atoms. The molecular weight excluding hydrogens is 246 g/mol. The predicted molar refractivity (Wildman–Crippen MR) is 70.5 cm³/mol. The number of hydrogen-bond donors (Lipinski definition) is 3. The van der Waals surface area contributed by atoms with Gasteiger partial charge in [0.25, 0.3) is 0 Å². The van der Waals surface area contributed by atoms with Crippen LogP contribution in [0.4, 0.5) is 6.01 Å². The Morgan fingerprint density at radius 3 is 2.89 bits per heavy atom. The maximum absolute atomic E-state index is 11.4. The molecule has 2 rings (SSSR count). The van der Waals surface area contributed by atoms with E-state index in [0.717, 1.165) is 19.4 Å². The van der Waals surface area contributed by atoms with E-state index in [1.54, 1.807) is 0 Å². The van der Waals surface area contributed by atoms with E-state index in [2.05, 4.69) is 40.0 Å². The third-order valence-electron chi connectivity index (χ3n) is 2.64. The molecule has 1 aliphatic carbocycles. The molecule has 1 saturated carbocycles. The summed E-state index contributed by atoms with van der Waals surface area (Å²) in [7, 11) is 0. The van der Waals surface area contributed by atoms with Crippen molar-refractivity contribution in [3.05, 3.63) is 5.89 Å². The fourth-order valence-electron chi connectivity index (χ4n) is 1.53. The molecule has 0 saturated heterocycles. The van der Waals surface area contributed by atoms with E-state index in [1.807, 2.05) is 0 Å². The normalized spacial score (nSPS) is 14.7. The monoisotopic (exact) mass is 267 g/mol. The minimum atomic E-state index is -0.0415. The summed E-state index contributed by atoms with van der Waals surface area (Å²) < 4.78 is 5.36. The van der Waals surface area contributed by atoms with E-state index in [1.165, 1.54) is 0 Å². The van der Waals surface area contributed by atoms with Gasteiger partial charge >= 0.3 is 6.01 Å². The first kappa shape index (κ1) is 13.8. The molecule has 0 radical (unpaired) electrons. The highest BCUT2D eigenvalue weighted by Gasteiger charge is 2.23. The fourth-order valence-corrected chi connectivity index (χ4v) is 1.53. The summed E-state index contributed by atoms with van der Waals surface area (Å²) in [6.45, 7) is 5.87. The summed E-state index contributed by atoms with van der Waals surface area (Å²) in [6, 6.07) is 0.653. The van der Waals surface area contributed by atoms with Crippen LogP contribution in [-0.2, 0) is 11.3 Å². The lowest BCUT2D eigenvalue weighted by molar-refractivity contribution is -0.119. The third kappa shape index (κ3) is 5.25. The highest BCUT2D eigenvalue weighted by Crippen LogP contribution is 2.18. The molecule has 0 atom stereocenters. The lowest BCUT2D eigenvalue weighted by Gasteiger charge is -2.04.